The van der Waals surface area contributed by atoms with Crippen LogP contribution >= 0.6 is 31.7 Å². The summed E-state index contributed by atoms with van der Waals surface area (Å²) in [7, 11) is 9.03. The third kappa shape index (κ3) is 25.8. The molecule has 8 aromatic carbocycles. The monoisotopic (exact) mass is 1950 g/mol. The van der Waals surface area contributed by atoms with E-state index in [4.69, 9.17) is 37.9 Å². The summed E-state index contributed by atoms with van der Waals surface area (Å²) < 4.78 is 56.1. The van der Waals surface area contributed by atoms with Gasteiger partial charge in [-0.15, -0.1) is 0 Å². The average Bonchev–Trinajstić information content (AvgIpc) is 0.726. The summed E-state index contributed by atoms with van der Waals surface area (Å²) in [4.78, 5) is 0. The fraction of sp³-hybridized carbons (Fsp3) is 0.616. The Hall–Kier alpha value is -6.12. The van der Waals surface area contributed by atoms with Crippen LogP contribution in [0.25, 0.3) is 0 Å². The van der Waals surface area contributed by atoms with Crippen molar-refractivity contribution in [2.45, 2.75) is 437 Å². The molecule has 12 heteroatoms. The van der Waals surface area contributed by atoms with E-state index in [9.17, 15) is 0 Å². The summed E-state index contributed by atoms with van der Waals surface area (Å²) in [5.41, 5.74) is 12.9. The molecular formula is C125H192O8P4. The molecule has 0 fully saturated rings. The van der Waals surface area contributed by atoms with Crippen LogP contribution in [-0.2, 0) is 86.6 Å². The first kappa shape index (κ1) is 116. The smallest absolute Gasteiger partial charge is 0.126 e. The topological polar surface area (TPSA) is 73.8 Å². The molecule has 0 spiro atoms. The normalized spacial score (nSPS) is 14.3. The summed E-state index contributed by atoms with van der Waals surface area (Å²) in [5.74, 6) is 7.67. The van der Waals surface area contributed by atoms with Crippen molar-refractivity contribution < 1.29 is 37.9 Å². The molecular weight excluding hydrogens is 1750 g/mol. The molecule has 0 saturated carbocycles. The molecule has 0 aromatic heterocycles. The number of hydrogen-bond donors (Lipinski definition) is 0. The zero-order valence-corrected chi connectivity index (χ0v) is 101. The Morgan fingerprint density at radius 3 is 0.387 bits per heavy atom. The zero-order valence-electron chi connectivity index (χ0n) is 97.6. The lowest BCUT2D eigenvalue weighted by molar-refractivity contribution is 0.381. The van der Waals surface area contributed by atoms with Gasteiger partial charge in [-0.25, -0.2) is 0 Å². The van der Waals surface area contributed by atoms with Crippen molar-refractivity contribution in [3.05, 3.63) is 186 Å². The molecule has 137 heavy (non-hydrogen) atoms. The van der Waals surface area contributed by atoms with Gasteiger partial charge < -0.3 is 37.9 Å². The van der Waals surface area contributed by atoms with Crippen LogP contribution in [0.3, 0.4) is 0 Å². The van der Waals surface area contributed by atoms with Gasteiger partial charge in [0.2, 0.25) is 0 Å². The lowest BCUT2D eigenvalue weighted by Crippen LogP contribution is -2.41. The van der Waals surface area contributed by atoms with E-state index in [1.54, 1.807) is 0 Å². The summed E-state index contributed by atoms with van der Waals surface area (Å²) in [5, 5.41) is 10.7. The SMILES string of the molecule is COc1c(C(C)(C)C)cc(P(CCC(C(CP(c2cc(C(C)(C)C)c(OC)c(C(C)(C)C)c2)c2cc(C(C)(C)C)c(OC)c(C(C)(C)C)c2)P(c2cc(C(C)(C)C)c(OC)c(C(C)(C)C)c2)c2cc(C(C)(C)C)c(OC)c(C(C)(C)C)c2)P(c2cc(C(C)(C)C)c(OC)c(C(C)(C)C)c2)c2cc(C(C)(C)C)c(OC)c(C(C)(C)C)c2)c2cc(C(C)(C)C)c(OC)c(C(C)(C)C)c2)cc1C(C)(C)C. The van der Waals surface area contributed by atoms with Crippen LogP contribution in [0.2, 0.25) is 0 Å². The fourth-order valence-electron chi connectivity index (χ4n) is 19.9. The van der Waals surface area contributed by atoms with E-state index in [1.807, 2.05) is 56.9 Å². The lowest BCUT2D eigenvalue weighted by Gasteiger charge is -2.45. The minimum absolute atomic E-state index is 0.194. The summed E-state index contributed by atoms with van der Waals surface area (Å²) in [6.07, 6.45) is 2.34. The number of benzene rings is 8. The van der Waals surface area contributed by atoms with Crippen molar-refractivity contribution in [1.82, 2.24) is 0 Å². The van der Waals surface area contributed by atoms with Crippen LogP contribution in [0, 0.1) is 0 Å². The molecule has 8 nitrogen and oxygen atoms in total. The lowest BCUT2D eigenvalue weighted by atomic mass is 9.79. The Kier molecular flexibility index (Phi) is 34.3. The Bertz CT molecular complexity index is 5000. The minimum atomic E-state index is -1.69. The van der Waals surface area contributed by atoms with Crippen LogP contribution in [0.5, 0.6) is 46.0 Å². The van der Waals surface area contributed by atoms with Crippen molar-refractivity contribution in [2.75, 3.05) is 69.2 Å². The molecule has 2 unspecified atom stereocenters. The first-order valence-corrected chi connectivity index (χ1v) is 56.6. The van der Waals surface area contributed by atoms with Gasteiger partial charge in [0.25, 0.3) is 0 Å². The number of ether oxygens (including phenoxy) is 8. The first-order chi connectivity index (χ1) is 61.7. The Labute approximate surface area is 844 Å². The highest BCUT2D eigenvalue weighted by molar-refractivity contribution is 7.79. The number of rotatable bonds is 24. The van der Waals surface area contributed by atoms with Gasteiger partial charge in [-0.05, 0) is 288 Å². The summed E-state index contributed by atoms with van der Waals surface area (Å²) in [6, 6.07) is 42.6. The standard InChI is InChI=1S/C125H192O8P4/c1-110(2,3)84-59-76(60-85(102(84)126-49)111(4,5)6)134(77-61-86(112(7,8)9)103(127-50)87(62-77)113(10,11)12)58-57-100(136(80-67-92(118(25,26)27)106(130-53)93(68-80)119(28,29)30)81-69-94(120(31,32)33)107(131-54)95(70-81)121(34,35)36)101(137(82-71-96(122(37,38)39)108(132-55)97(72-82)123(40,41)42)83-73-98(124(43,44)45)109(133-56)99(74-83)125(46,47)48)75-135(78-63-88(114(13,14)15)104(128-51)89(64-78)115(16,17)18)79-65-90(116(19,20)21)105(129-52)91(66-79)117(22,23)24/h59-74,100-101H,57-58,75H2,1-56H3. The number of hydrogen-bond acceptors (Lipinski definition) is 8. The van der Waals surface area contributed by atoms with E-state index >= 15 is 0 Å². The van der Waals surface area contributed by atoms with Gasteiger partial charge in [0, 0.05) is 89.0 Å². The molecule has 8 rings (SSSR count). The molecule has 0 aliphatic heterocycles. The summed E-state index contributed by atoms with van der Waals surface area (Å²) in [6.45, 7) is 115. The van der Waals surface area contributed by atoms with Gasteiger partial charge >= 0.3 is 0 Å². The molecule has 0 aliphatic rings. The van der Waals surface area contributed by atoms with E-state index in [1.165, 1.54) is 131 Å². The zero-order chi connectivity index (χ0) is 105. The maximum Gasteiger partial charge on any atom is 0.126 e. The molecule has 0 saturated heterocycles. The van der Waals surface area contributed by atoms with Gasteiger partial charge in [0.15, 0.2) is 0 Å². The van der Waals surface area contributed by atoms with Crippen LogP contribution in [-0.4, -0.2) is 80.5 Å². The van der Waals surface area contributed by atoms with Crippen molar-refractivity contribution >= 4 is 74.1 Å². The fourth-order valence-corrected chi connectivity index (χ4v) is 32.8. The predicted molar refractivity (Wildman–Crippen MR) is 610 cm³/mol. The Morgan fingerprint density at radius 2 is 0.270 bits per heavy atom. The highest BCUT2D eigenvalue weighted by Crippen LogP contribution is 2.63. The van der Waals surface area contributed by atoms with Gasteiger partial charge in [-0.3, -0.25) is 0 Å². The molecule has 0 amide bonds. The minimum Gasteiger partial charge on any atom is -0.496 e. The first-order valence-electron chi connectivity index (χ1n) is 50.7. The van der Waals surface area contributed by atoms with Crippen LogP contribution in [0.4, 0.5) is 0 Å². The summed E-state index contributed by atoms with van der Waals surface area (Å²) >= 11 is 0. The molecule has 2 atom stereocenters. The Balaban J connectivity index is 2.02. The molecule has 0 aliphatic carbocycles. The van der Waals surface area contributed by atoms with Crippen LogP contribution < -0.4 is 80.3 Å². The van der Waals surface area contributed by atoms with E-state index in [-0.39, 0.29) is 54.6 Å². The quantitative estimate of drug-likeness (QED) is 0.0554. The van der Waals surface area contributed by atoms with Gasteiger partial charge in [0.05, 0.1) is 56.9 Å². The van der Waals surface area contributed by atoms with Crippen molar-refractivity contribution in [2.24, 2.45) is 0 Å². The van der Waals surface area contributed by atoms with Gasteiger partial charge in [-0.2, -0.15) is 0 Å². The van der Waals surface area contributed by atoms with Crippen molar-refractivity contribution in [3.63, 3.8) is 0 Å². The third-order valence-electron chi connectivity index (χ3n) is 27.6. The Morgan fingerprint density at radius 1 is 0.161 bits per heavy atom. The second-order valence-electron chi connectivity index (χ2n) is 56.0. The molecule has 0 N–H and O–H groups in total. The number of methoxy groups -OCH3 is 8. The second kappa shape index (κ2) is 40.5. The molecule has 0 heterocycles. The van der Waals surface area contributed by atoms with E-state index in [0.29, 0.717) is 0 Å². The highest BCUT2D eigenvalue weighted by Gasteiger charge is 2.48. The van der Waals surface area contributed by atoms with Crippen LogP contribution in [0.1, 0.15) is 428 Å². The van der Waals surface area contributed by atoms with Crippen molar-refractivity contribution in [1.29, 1.82) is 0 Å². The molecule has 0 radical (unpaired) electrons. The molecule has 8 aromatic rings. The molecule has 760 valence electrons. The maximum absolute atomic E-state index is 7.09. The average molecular weight is 1950 g/mol. The van der Waals surface area contributed by atoms with E-state index in [2.05, 4.69) is 429 Å². The van der Waals surface area contributed by atoms with Crippen LogP contribution in [0.15, 0.2) is 97.1 Å². The highest BCUT2D eigenvalue weighted by atomic mass is 31.1. The maximum atomic E-state index is 7.09. The van der Waals surface area contributed by atoms with Gasteiger partial charge in [0.1, 0.15) is 46.0 Å². The van der Waals surface area contributed by atoms with Gasteiger partial charge in [-0.1, -0.05) is 332 Å². The van der Waals surface area contributed by atoms with E-state index < -0.39 is 75.0 Å². The largest absolute Gasteiger partial charge is 0.496 e. The third-order valence-corrected chi connectivity index (χ3v) is 38.9. The van der Waals surface area contributed by atoms with Crippen molar-refractivity contribution in [3.8, 4) is 46.0 Å². The predicted octanol–water partition coefficient (Wildman–Crippen LogP) is 31.5. The van der Waals surface area contributed by atoms with E-state index in [0.717, 1.165) is 64.7 Å². The second-order valence-corrected chi connectivity index (χ2v) is 65.5. The molecule has 0 bridgehead atoms.